The van der Waals surface area contributed by atoms with Crippen molar-refractivity contribution in [1.29, 1.82) is 0 Å². The molecule has 1 saturated heterocycles. The quantitative estimate of drug-likeness (QED) is 0.811. The largest absolute Gasteiger partial charge is 0.405 e. The highest BCUT2D eigenvalue weighted by Gasteiger charge is 2.35. The molecule has 1 fully saturated rings. The summed E-state index contributed by atoms with van der Waals surface area (Å²) in [5.74, 6) is -0.235. The number of amides is 1. The summed E-state index contributed by atoms with van der Waals surface area (Å²) in [6.07, 6.45) is -2.40. The third kappa shape index (κ3) is 4.65. The SMILES string of the molecule is CC1CCCN(C(C)C(=O)NCC(F)(F)F)C1CN. The first-order valence-electron chi connectivity index (χ1n) is 6.56. The number of alkyl halides is 3. The highest BCUT2D eigenvalue weighted by molar-refractivity contribution is 5.81. The number of carbonyl (C=O) groups is 1. The van der Waals surface area contributed by atoms with E-state index in [1.165, 1.54) is 0 Å². The molecule has 0 spiro atoms. The van der Waals surface area contributed by atoms with Gasteiger partial charge in [0.05, 0.1) is 6.04 Å². The third-order valence-corrected chi connectivity index (χ3v) is 3.74. The third-order valence-electron chi connectivity index (χ3n) is 3.74. The number of hydrogen-bond acceptors (Lipinski definition) is 3. The maximum absolute atomic E-state index is 12.1. The zero-order valence-electron chi connectivity index (χ0n) is 11.3. The lowest BCUT2D eigenvalue weighted by Gasteiger charge is -2.42. The number of nitrogens with zero attached hydrogens (tertiary/aromatic N) is 1. The van der Waals surface area contributed by atoms with E-state index in [9.17, 15) is 18.0 Å². The Kier molecular flexibility index (Phi) is 5.61. The molecule has 1 amide bonds. The van der Waals surface area contributed by atoms with Gasteiger partial charge in [-0.05, 0) is 32.2 Å². The summed E-state index contributed by atoms with van der Waals surface area (Å²) >= 11 is 0. The molecule has 3 atom stereocenters. The van der Waals surface area contributed by atoms with Gasteiger partial charge in [-0.2, -0.15) is 13.2 Å². The molecule has 1 heterocycles. The second-order valence-electron chi connectivity index (χ2n) is 5.17. The molecule has 112 valence electrons. The summed E-state index contributed by atoms with van der Waals surface area (Å²) in [4.78, 5) is 13.7. The molecule has 0 aliphatic carbocycles. The minimum absolute atomic E-state index is 0.0559. The lowest BCUT2D eigenvalue weighted by atomic mass is 9.89. The number of rotatable bonds is 4. The molecular formula is C12H22F3N3O. The summed E-state index contributed by atoms with van der Waals surface area (Å²) in [6, 6.07) is -0.529. The first-order valence-corrected chi connectivity index (χ1v) is 6.56. The van der Waals surface area contributed by atoms with Gasteiger partial charge < -0.3 is 11.1 Å². The minimum Gasteiger partial charge on any atom is -0.346 e. The van der Waals surface area contributed by atoms with E-state index < -0.39 is 24.7 Å². The van der Waals surface area contributed by atoms with Crippen LogP contribution in [0.5, 0.6) is 0 Å². The van der Waals surface area contributed by atoms with Crippen molar-refractivity contribution in [2.24, 2.45) is 11.7 Å². The highest BCUT2D eigenvalue weighted by atomic mass is 19.4. The van der Waals surface area contributed by atoms with E-state index in [1.54, 1.807) is 6.92 Å². The van der Waals surface area contributed by atoms with Crippen molar-refractivity contribution in [3.63, 3.8) is 0 Å². The number of hydrogen-bond donors (Lipinski definition) is 2. The van der Waals surface area contributed by atoms with Crippen LogP contribution in [0.25, 0.3) is 0 Å². The van der Waals surface area contributed by atoms with E-state index in [0.717, 1.165) is 12.8 Å². The van der Waals surface area contributed by atoms with Crippen LogP contribution in [-0.2, 0) is 4.79 Å². The zero-order valence-corrected chi connectivity index (χ0v) is 11.3. The van der Waals surface area contributed by atoms with Crippen molar-refractivity contribution in [2.45, 2.75) is 44.9 Å². The Morgan fingerprint density at radius 2 is 2.16 bits per heavy atom. The molecule has 7 heteroatoms. The molecule has 0 saturated carbocycles. The van der Waals surface area contributed by atoms with E-state index in [-0.39, 0.29) is 6.04 Å². The average molecular weight is 281 g/mol. The monoisotopic (exact) mass is 281 g/mol. The molecule has 0 bridgehead atoms. The second kappa shape index (κ2) is 6.56. The fraction of sp³-hybridized carbons (Fsp3) is 0.917. The van der Waals surface area contributed by atoms with E-state index in [0.29, 0.717) is 19.0 Å². The molecule has 4 nitrogen and oxygen atoms in total. The Hall–Kier alpha value is -0.820. The number of likely N-dealkylation sites (tertiary alicyclic amines) is 1. The fourth-order valence-corrected chi connectivity index (χ4v) is 2.62. The van der Waals surface area contributed by atoms with Crippen LogP contribution >= 0.6 is 0 Å². The Balaban J connectivity index is 2.59. The van der Waals surface area contributed by atoms with Crippen LogP contribution in [0.15, 0.2) is 0 Å². The van der Waals surface area contributed by atoms with Gasteiger partial charge >= 0.3 is 6.18 Å². The molecule has 0 aromatic rings. The lowest BCUT2D eigenvalue weighted by molar-refractivity contribution is -0.142. The smallest absolute Gasteiger partial charge is 0.346 e. The van der Waals surface area contributed by atoms with Crippen LogP contribution in [0.3, 0.4) is 0 Å². The Labute approximate surface area is 111 Å². The predicted molar refractivity (Wildman–Crippen MR) is 66.5 cm³/mol. The number of carbonyl (C=O) groups excluding carboxylic acids is 1. The summed E-state index contributed by atoms with van der Waals surface area (Å²) in [6.45, 7) is 3.52. The Morgan fingerprint density at radius 3 is 2.68 bits per heavy atom. The summed E-state index contributed by atoms with van der Waals surface area (Å²) in [7, 11) is 0. The maximum atomic E-state index is 12.1. The molecular weight excluding hydrogens is 259 g/mol. The van der Waals surface area contributed by atoms with Gasteiger partial charge in [0.1, 0.15) is 6.54 Å². The molecule has 0 aromatic carbocycles. The van der Waals surface area contributed by atoms with Crippen LogP contribution in [0.2, 0.25) is 0 Å². The van der Waals surface area contributed by atoms with Gasteiger partial charge in [0.25, 0.3) is 0 Å². The number of nitrogens with one attached hydrogen (secondary N) is 1. The van der Waals surface area contributed by atoms with Crippen molar-refractivity contribution >= 4 is 5.91 Å². The standard InChI is InChI=1S/C12H22F3N3O/c1-8-4-3-5-18(10(8)6-16)9(2)11(19)17-7-12(13,14)15/h8-10H,3-7,16H2,1-2H3,(H,17,19). The van der Waals surface area contributed by atoms with Crippen LogP contribution in [-0.4, -0.2) is 48.7 Å². The molecule has 0 radical (unpaired) electrons. The minimum atomic E-state index is -4.38. The molecule has 19 heavy (non-hydrogen) atoms. The normalized spacial score (nSPS) is 27.1. The molecule has 1 aliphatic heterocycles. The fourth-order valence-electron chi connectivity index (χ4n) is 2.62. The summed E-state index contributed by atoms with van der Waals surface area (Å²) in [5, 5.41) is 1.93. The molecule has 1 rings (SSSR count). The van der Waals surface area contributed by atoms with Gasteiger partial charge in [0, 0.05) is 12.6 Å². The van der Waals surface area contributed by atoms with Crippen molar-refractivity contribution in [1.82, 2.24) is 10.2 Å². The van der Waals surface area contributed by atoms with Gasteiger partial charge in [0.2, 0.25) is 5.91 Å². The van der Waals surface area contributed by atoms with Gasteiger partial charge in [0.15, 0.2) is 0 Å². The van der Waals surface area contributed by atoms with Crippen LogP contribution in [0, 0.1) is 5.92 Å². The topological polar surface area (TPSA) is 58.4 Å². The van der Waals surface area contributed by atoms with Gasteiger partial charge in [-0.1, -0.05) is 6.92 Å². The summed E-state index contributed by atoms with van der Waals surface area (Å²) < 4.78 is 36.2. The van der Waals surface area contributed by atoms with E-state index in [1.807, 2.05) is 10.2 Å². The Morgan fingerprint density at radius 1 is 1.53 bits per heavy atom. The molecule has 0 aromatic heterocycles. The predicted octanol–water partition coefficient (Wildman–Crippen LogP) is 1.11. The number of piperidine rings is 1. The molecule has 3 N–H and O–H groups in total. The van der Waals surface area contributed by atoms with E-state index >= 15 is 0 Å². The van der Waals surface area contributed by atoms with Crippen LogP contribution in [0.4, 0.5) is 13.2 Å². The highest BCUT2D eigenvalue weighted by Crippen LogP contribution is 2.24. The first kappa shape index (κ1) is 16.2. The first-order chi connectivity index (χ1) is 8.76. The van der Waals surface area contributed by atoms with Gasteiger partial charge in [-0.15, -0.1) is 0 Å². The second-order valence-corrected chi connectivity index (χ2v) is 5.17. The van der Waals surface area contributed by atoms with Crippen molar-refractivity contribution < 1.29 is 18.0 Å². The van der Waals surface area contributed by atoms with Gasteiger partial charge in [-0.25, -0.2) is 0 Å². The van der Waals surface area contributed by atoms with Crippen LogP contribution in [0.1, 0.15) is 26.7 Å². The van der Waals surface area contributed by atoms with Crippen molar-refractivity contribution in [2.75, 3.05) is 19.6 Å². The van der Waals surface area contributed by atoms with Gasteiger partial charge in [-0.3, -0.25) is 9.69 Å². The number of halogens is 3. The average Bonchev–Trinajstić information content (AvgIpc) is 2.33. The van der Waals surface area contributed by atoms with Crippen molar-refractivity contribution in [3.8, 4) is 0 Å². The van der Waals surface area contributed by atoms with Crippen LogP contribution < -0.4 is 11.1 Å². The zero-order chi connectivity index (χ0) is 14.6. The van der Waals surface area contributed by atoms with Crippen molar-refractivity contribution in [3.05, 3.63) is 0 Å². The lowest BCUT2D eigenvalue weighted by Crippen LogP contribution is -2.57. The number of nitrogens with two attached hydrogens (primary N) is 1. The maximum Gasteiger partial charge on any atom is 0.405 e. The molecule has 3 unspecified atom stereocenters. The molecule has 1 aliphatic rings. The van der Waals surface area contributed by atoms with E-state index in [4.69, 9.17) is 5.73 Å². The Bertz CT molecular complexity index is 309. The van der Waals surface area contributed by atoms with E-state index in [2.05, 4.69) is 6.92 Å². The summed E-state index contributed by atoms with van der Waals surface area (Å²) in [5.41, 5.74) is 5.71.